The molecule has 2 rings (SSSR count). The Morgan fingerprint density at radius 3 is 2.56 bits per heavy atom. The van der Waals surface area contributed by atoms with Gasteiger partial charge >= 0.3 is 0 Å². The van der Waals surface area contributed by atoms with Crippen molar-refractivity contribution < 1.29 is 4.74 Å². The zero-order valence-corrected chi connectivity index (χ0v) is 12.7. The average molecular weight is 314 g/mol. The zero-order chi connectivity index (χ0) is 13.1. The second-order valence-electron chi connectivity index (χ2n) is 5.25. The number of anilines is 1. The highest BCUT2D eigenvalue weighted by Crippen LogP contribution is 2.32. The van der Waals surface area contributed by atoms with E-state index in [0.717, 1.165) is 29.2 Å². The average Bonchev–Trinajstić information content (AvgIpc) is 2.30. The van der Waals surface area contributed by atoms with Gasteiger partial charge in [0, 0.05) is 7.05 Å². The maximum Gasteiger partial charge on any atom is 0.233 e. The van der Waals surface area contributed by atoms with Gasteiger partial charge in [0.2, 0.25) is 11.8 Å². The molecule has 0 aliphatic heterocycles. The first-order chi connectivity index (χ1) is 8.58. The molecule has 0 radical (unpaired) electrons. The van der Waals surface area contributed by atoms with E-state index in [4.69, 9.17) is 4.74 Å². The van der Waals surface area contributed by atoms with Gasteiger partial charge in [0.25, 0.3) is 0 Å². The van der Waals surface area contributed by atoms with Crippen molar-refractivity contribution in [2.24, 2.45) is 11.8 Å². The van der Waals surface area contributed by atoms with Crippen LogP contribution in [0.3, 0.4) is 0 Å². The van der Waals surface area contributed by atoms with Gasteiger partial charge in [-0.2, -0.15) is 4.98 Å². The number of rotatable bonds is 3. The molecule has 1 aliphatic rings. The van der Waals surface area contributed by atoms with Gasteiger partial charge in [-0.15, -0.1) is 0 Å². The van der Waals surface area contributed by atoms with Crippen LogP contribution in [-0.4, -0.2) is 23.1 Å². The van der Waals surface area contributed by atoms with Crippen LogP contribution < -0.4 is 10.1 Å². The van der Waals surface area contributed by atoms with Crippen molar-refractivity contribution >= 4 is 21.9 Å². The molecule has 18 heavy (non-hydrogen) atoms. The van der Waals surface area contributed by atoms with E-state index < -0.39 is 0 Å². The second kappa shape index (κ2) is 5.87. The van der Waals surface area contributed by atoms with Crippen LogP contribution in [0.1, 0.15) is 33.1 Å². The summed E-state index contributed by atoms with van der Waals surface area (Å²) in [4.78, 5) is 8.47. The summed E-state index contributed by atoms with van der Waals surface area (Å²) < 4.78 is 6.84. The molecule has 1 aliphatic carbocycles. The number of nitrogens with one attached hydrogen (secondary N) is 1. The van der Waals surface area contributed by atoms with Crippen molar-refractivity contribution in [1.29, 1.82) is 0 Å². The molecule has 1 saturated carbocycles. The number of hydrogen-bond donors (Lipinski definition) is 1. The van der Waals surface area contributed by atoms with Gasteiger partial charge in [-0.3, -0.25) is 0 Å². The van der Waals surface area contributed by atoms with E-state index >= 15 is 0 Å². The summed E-state index contributed by atoms with van der Waals surface area (Å²) in [7, 11) is 1.80. The number of aromatic nitrogens is 2. The van der Waals surface area contributed by atoms with Crippen LogP contribution in [0.15, 0.2) is 10.7 Å². The van der Waals surface area contributed by atoms with Gasteiger partial charge in [0.1, 0.15) is 6.10 Å². The van der Waals surface area contributed by atoms with E-state index in [9.17, 15) is 0 Å². The summed E-state index contributed by atoms with van der Waals surface area (Å²) in [6.45, 7) is 4.58. The van der Waals surface area contributed by atoms with Crippen LogP contribution in [0, 0.1) is 11.8 Å². The highest BCUT2D eigenvalue weighted by Gasteiger charge is 2.26. The van der Waals surface area contributed by atoms with Crippen LogP contribution in [0.2, 0.25) is 0 Å². The quantitative estimate of drug-likeness (QED) is 0.928. The minimum absolute atomic E-state index is 0.264. The standard InChI is InChI=1S/C13H20BrN3O/c1-8-4-9(2)6-10(5-8)18-12-11(14)7-16-13(15-3)17-12/h7-10H,4-6H2,1-3H3,(H,15,16,17). The first-order valence-electron chi connectivity index (χ1n) is 6.45. The Bertz CT molecular complexity index is 403. The molecule has 0 spiro atoms. The van der Waals surface area contributed by atoms with Gasteiger partial charge in [-0.25, -0.2) is 4.98 Å². The first-order valence-corrected chi connectivity index (χ1v) is 7.24. The molecule has 1 N–H and O–H groups in total. The topological polar surface area (TPSA) is 47.0 Å². The summed E-state index contributed by atoms with van der Waals surface area (Å²) in [5.41, 5.74) is 0. The maximum atomic E-state index is 6.03. The summed E-state index contributed by atoms with van der Waals surface area (Å²) >= 11 is 3.44. The van der Waals surface area contributed by atoms with Crippen molar-refractivity contribution in [1.82, 2.24) is 9.97 Å². The van der Waals surface area contributed by atoms with E-state index in [0.29, 0.717) is 11.8 Å². The van der Waals surface area contributed by atoms with Crippen LogP contribution in [0.4, 0.5) is 5.95 Å². The Morgan fingerprint density at radius 1 is 1.28 bits per heavy atom. The molecule has 1 aromatic rings. The minimum atomic E-state index is 0.264. The van der Waals surface area contributed by atoms with E-state index in [2.05, 4.69) is 45.1 Å². The summed E-state index contributed by atoms with van der Waals surface area (Å²) in [5, 5.41) is 2.93. The third-order valence-corrected chi connectivity index (χ3v) is 3.89. The van der Waals surface area contributed by atoms with Crippen LogP contribution in [0.25, 0.3) is 0 Å². The molecule has 1 fully saturated rings. The summed E-state index contributed by atoms with van der Waals surface area (Å²) in [5.74, 6) is 2.68. The molecule has 2 unspecified atom stereocenters. The Labute approximate surface area is 117 Å². The van der Waals surface area contributed by atoms with Crippen molar-refractivity contribution in [3.05, 3.63) is 10.7 Å². The second-order valence-corrected chi connectivity index (χ2v) is 6.11. The van der Waals surface area contributed by atoms with Crippen molar-refractivity contribution in [2.45, 2.75) is 39.2 Å². The Balaban J connectivity index is 2.08. The van der Waals surface area contributed by atoms with Crippen LogP contribution >= 0.6 is 15.9 Å². The lowest BCUT2D eigenvalue weighted by atomic mass is 9.82. The van der Waals surface area contributed by atoms with Gasteiger partial charge in [0.05, 0.1) is 10.7 Å². The molecule has 1 heterocycles. The minimum Gasteiger partial charge on any atom is -0.473 e. The SMILES string of the molecule is CNc1ncc(Br)c(OC2CC(C)CC(C)C2)n1. The van der Waals surface area contributed by atoms with E-state index in [-0.39, 0.29) is 6.10 Å². The molecule has 0 aromatic carbocycles. The molecule has 5 heteroatoms. The molecule has 2 atom stereocenters. The van der Waals surface area contributed by atoms with Gasteiger partial charge in [0.15, 0.2) is 0 Å². The molecule has 0 amide bonds. The molecule has 0 bridgehead atoms. The van der Waals surface area contributed by atoms with E-state index in [1.807, 2.05) is 0 Å². The van der Waals surface area contributed by atoms with Crippen molar-refractivity contribution in [2.75, 3.05) is 12.4 Å². The number of nitrogens with zero attached hydrogens (tertiary/aromatic N) is 2. The molecular formula is C13H20BrN3O. The third kappa shape index (κ3) is 3.34. The predicted octanol–water partition coefficient (Wildman–Crippen LogP) is 3.48. The van der Waals surface area contributed by atoms with Gasteiger partial charge < -0.3 is 10.1 Å². The van der Waals surface area contributed by atoms with Crippen molar-refractivity contribution in [3.8, 4) is 5.88 Å². The predicted molar refractivity (Wildman–Crippen MR) is 75.9 cm³/mol. The normalized spacial score (nSPS) is 27.9. The van der Waals surface area contributed by atoms with Crippen molar-refractivity contribution in [3.63, 3.8) is 0 Å². The molecular weight excluding hydrogens is 294 g/mol. The lowest BCUT2D eigenvalue weighted by molar-refractivity contribution is 0.0959. The molecule has 100 valence electrons. The van der Waals surface area contributed by atoms with E-state index in [1.54, 1.807) is 13.2 Å². The fraction of sp³-hybridized carbons (Fsp3) is 0.692. The highest BCUT2D eigenvalue weighted by atomic mass is 79.9. The first kappa shape index (κ1) is 13.6. The lowest BCUT2D eigenvalue weighted by Gasteiger charge is -2.31. The molecule has 1 aromatic heterocycles. The zero-order valence-electron chi connectivity index (χ0n) is 11.1. The smallest absolute Gasteiger partial charge is 0.233 e. The highest BCUT2D eigenvalue weighted by molar-refractivity contribution is 9.10. The van der Waals surface area contributed by atoms with E-state index in [1.165, 1.54) is 6.42 Å². The monoisotopic (exact) mass is 313 g/mol. The largest absolute Gasteiger partial charge is 0.473 e. The number of ether oxygens (including phenoxy) is 1. The third-order valence-electron chi connectivity index (χ3n) is 3.35. The molecule has 4 nitrogen and oxygen atoms in total. The number of halogens is 1. The fourth-order valence-corrected chi connectivity index (χ4v) is 2.97. The Kier molecular flexibility index (Phi) is 4.43. The number of hydrogen-bond acceptors (Lipinski definition) is 4. The van der Waals surface area contributed by atoms with Crippen LogP contribution in [0.5, 0.6) is 5.88 Å². The maximum absolute atomic E-state index is 6.03. The summed E-state index contributed by atoms with van der Waals surface area (Å²) in [6.07, 6.45) is 5.50. The Morgan fingerprint density at radius 2 is 1.94 bits per heavy atom. The van der Waals surface area contributed by atoms with Gasteiger partial charge in [-0.05, 0) is 47.0 Å². The van der Waals surface area contributed by atoms with Crippen LogP contribution in [-0.2, 0) is 0 Å². The Hall–Kier alpha value is -0.840. The fourth-order valence-electron chi connectivity index (χ4n) is 2.68. The van der Waals surface area contributed by atoms with Gasteiger partial charge in [-0.1, -0.05) is 13.8 Å². The lowest BCUT2D eigenvalue weighted by Crippen LogP contribution is -2.29. The summed E-state index contributed by atoms with van der Waals surface area (Å²) in [6, 6.07) is 0. The molecule has 0 saturated heterocycles.